The second-order valence-corrected chi connectivity index (χ2v) is 7.82. The van der Waals surface area contributed by atoms with Crippen LogP contribution in [0.3, 0.4) is 0 Å². The highest BCUT2D eigenvalue weighted by molar-refractivity contribution is 7.99. The monoisotopic (exact) mass is 300 g/mol. The van der Waals surface area contributed by atoms with Crippen LogP contribution in [0.15, 0.2) is 17.0 Å². The number of hydrogen-bond donors (Lipinski definition) is 2. The Morgan fingerprint density at radius 2 is 1.95 bits per heavy atom. The Bertz CT molecular complexity index is 541. The summed E-state index contributed by atoms with van der Waals surface area (Å²) in [5.74, 6) is 1.98. The SMILES string of the molecule is Cc1cc(N)cc(C)c1S(=O)(=O)NC1CCCSC1. The third kappa shape index (κ3) is 3.43. The Morgan fingerprint density at radius 1 is 1.32 bits per heavy atom. The molecule has 1 aliphatic heterocycles. The quantitative estimate of drug-likeness (QED) is 0.838. The van der Waals surface area contributed by atoms with E-state index in [1.54, 1.807) is 37.7 Å². The highest BCUT2D eigenvalue weighted by atomic mass is 32.2. The van der Waals surface area contributed by atoms with Crippen molar-refractivity contribution in [1.29, 1.82) is 0 Å². The zero-order valence-electron chi connectivity index (χ0n) is 11.3. The predicted molar refractivity (Wildman–Crippen MR) is 81.0 cm³/mol. The van der Waals surface area contributed by atoms with E-state index in [1.807, 2.05) is 0 Å². The Hall–Kier alpha value is -0.720. The summed E-state index contributed by atoms with van der Waals surface area (Å²) in [6.45, 7) is 3.57. The number of thioether (sulfide) groups is 1. The largest absolute Gasteiger partial charge is 0.399 e. The number of benzene rings is 1. The van der Waals surface area contributed by atoms with E-state index in [0.717, 1.165) is 24.3 Å². The molecule has 1 fully saturated rings. The predicted octanol–water partition coefficient (Wildman–Crippen LogP) is 2.06. The normalized spacial score (nSPS) is 20.4. The summed E-state index contributed by atoms with van der Waals surface area (Å²) in [6.07, 6.45) is 1.98. The molecule has 1 unspecified atom stereocenters. The number of aryl methyl sites for hydroxylation is 2. The summed E-state index contributed by atoms with van der Waals surface area (Å²) in [5, 5.41) is 0. The van der Waals surface area contributed by atoms with Crippen molar-refractivity contribution in [3.8, 4) is 0 Å². The molecule has 6 heteroatoms. The Kier molecular flexibility index (Phi) is 4.43. The molecule has 0 aliphatic carbocycles. The van der Waals surface area contributed by atoms with Gasteiger partial charge in [0.05, 0.1) is 4.90 Å². The molecule has 1 aromatic rings. The molecule has 19 heavy (non-hydrogen) atoms. The average molecular weight is 300 g/mol. The maximum atomic E-state index is 12.5. The molecule has 1 aliphatic rings. The Balaban J connectivity index is 2.29. The van der Waals surface area contributed by atoms with Crippen LogP contribution in [-0.2, 0) is 10.0 Å². The maximum Gasteiger partial charge on any atom is 0.241 e. The first-order chi connectivity index (χ1) is 8.90. The lowest BCUT2D eigenvalue weighted by molar-refractivity contribution is 0.542. The summed E-state index contributed by atoms with van der Waals surface area (Å²) in [4.78, 5) is 0.372. The van der Waals surface area contributed by atoms with Gasteiger partial charge in [0.1, 0.15) is 0 Å². The van der Waals surface area contributed by atoms with Gasteiger partial charge in [-0.25, -0.2) is 13.1 Å². The summed E-state index contributed by atoms with van der Waals surface area (Å²) in [7, 11) is -3.46. The summed E-state index contributed by atoms with van der Waals surface area (Å²) in [5.41, 5.74) is 7.74. The van der Waals surface area contributed by atoms with Gasteiger partial charge in [0.2, 0.25) is 10.0 Å². The molecule has 0 spiro atoms. The molecule has 1 saturated heterocycles. The lowest BCUT2D eigenvalue weighted by atomic mass is 10.1. The van der Waals surface area contributed by atoms with E-state index in [1.165, 1.54) is 0 Å². The third-order valence-electron chi connectivity index (χ3n) is 3.23. The van der Waals surface area contributed by atoms with Crippen molar-refractivity contribution in [3.05, 3.63) is 23.3 Å². The second kappa shape index (κ2) is 5.73. The van der Waals surface area contributed by atoms with E-state index < -0.39 is 10.0 Å². The Morgan fingerprint density at radius 3 is 2.47 bits per heavy atom. The van der Waals surface area contributed by atoms with Gasteiger partial charge in [-0.2, -0.15) is 11.8 Å². The smallest absolute Gasteiger partial charge is 0.241 e. The third-order valence-corrected chi connectivity index (χ3v) is 6.27. The fourth-order valence-corrected chi connectivity index (χ4v) is 5.42. The van der Waals surface area contributed by atoms with Gasteiger partial charge in [0.15, 0.2) is 0 Å². The molecule has 0 aromatic heterocycles. The highest BCUT2D eigenvalue weighted by Gasteiger charge is 2.25. The van der Waals surface area contributed by atoms with E-state index in [9.17, 15) is 8.42 Å². The average Bonchev–Trinajstić information content (AvgIpc) is 2.27. The topological polar surface area (TPSA) is 72.2 Å². The molecule has 0 saturated carbocycles. The molecule has 1 heterocycles. The lowest BCUT2D eigenvalue weighted by Gasteiger charge is -2.23. The Labute approximate surface area is 119 Å². The van der Waals surface area contributed by atoms with E-state index in [-0.39, 0.29) is 6.04 Å². The molecule has 0 amide bonds. The number of nitrogens with one attached hydrogen (secondary N) is 1. The van der Waals surface area contributed by atoms with Crippen LogP contribution in [0, 0.1) is 13.8 Å². The van der Waals surface area contributed by atoms with Crippen molar-refractivity contribution in [3.63, 3.8) is 0 Å². The molecule has 0 bridgehead atoms. The van der Waals surface area contributed by atoms with Gasteiger partial charge in [-0.3, -0.25) is 0 Å². The first-order valence-electron chi connectivity index (χ1n) is 6.37. The van der Waals surface area contributed by atoms with Gasteiger partial charge in [-0.05, 0) is 55.7 Å². The van der Waals surface area contributed by atoms with E-state index in [2.05, 4.69) is 4.72 Å². The summed E-state index contributed by atoms with van der Waals surface area (Å²) in [6, 6.07) is 3.45. The number of nitrogens with two attached hydrogens (primary N) is 1. The van der Waals surface area contributed by atoms with Crippen molar-refractivity contribution < 1.29 is 8.42 Å². The second-order valence-electron chi connectivity index (χ2n) is 5.02. The van der Waals surface area contributed by atoms with E-state index in [4.69, 9.17) is 5.73 Å². The van der Waals surface area contributed by atoms with Crippen LogP contribution in [0.1, 0.15) is 24.0 Å². The van der Waals surface area contributed by atoms with Crippen LogP contribution in [0.2, 0.25) is 0 Å². The molecule has 3 N–H and O–H groups in total. The van der Waals surface area contributed by atoms with Gasteiger partial charge in [-0.15, -0.1) is 0 Å². The van der Waals surface area contributed by atoms with Crippen molar-refractivity contribution in [2.45, 2.75) is 37.6 Å². The standard InChI is InChI=1S/C13H20N2O2S2/c1-9-6-11(14)7-10(2)13(9)19(16,17)15-12-4-3-5-18-8-12/h6-7,12,15H,3-5,8,14H2,1-2H3. The van der Waals surface area contributed by atoms with Crippen LogP contribution in [0.25, 0.3) is 0 Å². The van der Waals surface area contributed by atoms with Gasteiger partial charge >= 0.3 is 0 Å². The van der Waals surface area contributed by atoms with E-state index >= 15 is 0 Å². The molecule has 1 aromatic carbocycles. The van der Waals surface area contributed by atoms with E-state index in [0.29, 0.717) is 21.7 Å². The summed E-state index contributed by atoms with van der Waals surface area (Å²) < 4.78 is 27.8. The number of rotatable bonds is 3. The number of hydrogen-bond acceptors (Lipinski definition) is 4. The van der Waals surface area contributed by atoms with Gasteiger partial charge in [0.25, 0.3) is 0 Å². The molecule has 2 rings (SSSR count). The van der Waals surface area contributed by atoms with Gasteiger partial charge in [-0.1, -0.05) is 0 Å². The van der Waals surface area contributed by atoms with Crippen molar-refractivity contribution >= 4 is 27.5 Å². The molecule has 106 valence electrons. The number of anilines is 1. The molecule has 4 nitrogen and oxygen atoms in total. The van der Waals surface area contributed by atoms with Crippen LogP contribution in [0.5, 0.6) is 0 Å². The first kappa shape index (κ1) is 14.7. The van der Waals surface area contributed by atoms with Crippen molar-refractivity contribution in [2.24, 2.45) is 0 Å². The van der Waals surface area contributed by atoms with Crippen LogP contribution in [-0.4, -0.2) is 26.0 Å². The maximum absolute atomic E-state index is 12.5. The van der Waals surface area contributed by atoms with Crippen molar-refractivity contribution in [2.75, 3.05) is 17.2 Å². The zero-order valence-corrected chi connectivity index (χ0v) is 12.9. The molecular weight excluding hydrogens is 280 g/mol. The minimum Gasteiger partial charge on any atom is -0.399 e. The molecule has 0 radical (unpaired) electrons. The van der Waals surface area contributed by atoms with Gasteiger partial charge in [0, 0.05) is 17.5 Å². The first-order valence-corrected chi connectivity index (χ1v) is 9.01. The number of sulfonamides is 1. The zero-order chi connectivity index (χ0) is 14.0. The molecular formula is C13H20N2O2S2. The number of nitrogen functional groups attached to an aromatic ring is 1. The minimum atomic E-state index is -3.46. The van der Waals surface area contributed by atoms with Gasteiger partial charge < -0.3 is 5.73 Å². The fourth-order valence-electron chi connectivity index (χ4n) is 2.52. The summed E-state index contributed by atoms with van der Waals surface area (Å²) >= 11 is 1.80. The fraction of sp³-hybridized carbons (Fsp3) is 0.538. The highest BCUT2D eigenvalue weighted by Crippen LogP contribution is 2.25. The van der Waals surface area contributed by atoms with Crippen LogP contribution < -0.4 is 10.5 Å². The van der Waals surface area contributed by atoms with Crippen molar-refractivity contribution in [1.82, 2.24) is 4.72 Å². The minimum absolute atomic E-state index is 0.0418. The van der Waals surface area contributed by atoms with Crippen LogP contribution in [0.4, 0.5) is 5.69 Å². The van der Waals surface area contributed by atoms with Crippen LogP contribution >= 0.6 is 11.8 Å². The molecule has 1 atom stereocenters. The lowest BCUT2D eigenvalue weighted by Crippen LogP contribution is -2.38.